The highest BCUT2D eigenvalue weighted by atomic mass is 32.1. The average Bonchev–Trinajstić information content (AvgIpc) is 3.53. The maximum atomic E-state index is 12.8. The van der Waals surface area contributed by atoms with E-state index in [0.29, 0.717) is 16.9 Å². The number of amides is 2. The number of rotatable bonds is 5. The summed E-state index contributed by atoms with van der Waals surface area (Å²) in [6.07, 6.45) is 1.92. The minimum absolute atomic E-state index is 0.0527. The quantitative estimate of drug-likeness (QED) is 0.450. The van der Waals surface area contributed by atoms with Gasteiger partial charge in [-0.3, -0.25) is 9.59 Å². The molecule has 1 heterocycles. The van der Waals surface area contributed by atoms with E-state index < -0.39 is 0 Å². The summed E-state index contributed by atoms with van der Waals surface area (Å²) in [6, 6.07) is 22.6. The summed E-state index contributed by atoms with van der Waals surface area (Å²) in [5.74, 6) is -0.00687. The van der Waals surface area contributed by atoms with Gasteiger partial charge in [0, 0.05) is 22.7 Å². The van der Waals surface area contributed by atoms with Gasteiger partial charge in [-0.1, -0.05) is 24.3 Å². The van der Waals surface area contributed by atoms with Crippen LogP contribution < -0.4 is 10.6 Å². The van der Waals surface area contributed by atoms with Crippen LogP contribution in [0.15, 0.2) is 72.8 Å². The first-order valence-corrected chi connectivity index (χ1v) is 10.7. The first kappa shape index (κ1) is 18.5. The number of fused-ring (bicyclic) bond motifs is 1. The fraction of sp³-hybridized carbons (Fsp3) is 0.125. The molecule has 4 aromatic rings. The Bertz CT molecular complexity index is 1210. The first-order valence-electron chi connectivity index (χ1n) is 9.84. The molecular formula is C24H19N3O2S. The van der Waals surface area contributed by atoms with Crippen molar-refractivity contribution in [1.82, 2.24) is 4.98 Å². The highest BCUT2D eigenvalue weighted by molar-refractivity contribution is 7.21. The van der Waals surface area contributed by atoms with E-state index in [1.165, 1.54) is 0 Å². The smallest absolute Gasteiger partial charge is 0.255 e. The van der Waals surface area contributed by atoms with Gasteiger partial charge in [0.25, 0.3) is 5.91 Å². The lowest BCUT2D eigenvalue weighted by Gasteiger charge is -2.10. The van der Waals surface area contributed by atoms with Gasteiger partial charge >= 0.3 is 0 Å². The van der Waals surface area contributed by atoms with Crippen LogP contribution in [0.2, 0.25) is 0 Å². The lowest BCUT2D eigenvalue weighted by molar-refractivity contribution is -0.117. The highest BCUT2D eigenvalue weighted by Gasteiger charge is 2.29. The molecule has 0 saturated heterocycles. The van der Waals surface area contributed by atoms with E-state index in [9.17, 15) is 9.59 Å². The van der Waals surface area contributed by atoms with E-state index in [-0.39, 0.29) is 17.7 Å². The average molecular weight is 414 g/mol. The molecule has 30 heavy (non-hydrogen) atoms. The molecule has 5 rings (SSSR count). The van der Waals surface area contributed by atoms with Gasteiger partial charge in [-0.25, -0.2) is 4.98 Å². The summed E-state index contributed by atoms with van der Waals surface area (Å²) in [5, 5.41) is 6.75. The molecule has 1 saturated carbocycles. The lowest BCUT2D eigenvalue weighted by Crippen LogP contribution is -2.14. The number of benzene rings is 3. The van der Waals surface area contributed by atoms with E-state index in [1.54, 1.807) is 35.6 Å². The van der Waals surface area contributed by atoms with E-state index in [2.05, 4.69) is 10.6 Å². The topological polar surface area (TPSA) is 71.1 Å². The summed E-state index contributed by atoms with van der Waals surface area (Å²) in [5.41, 5.74) is 3.78. The molecule has 0 aliphatic heterocycles. The second-order valence-electron chi connectivity index (χ2n) is 7.33. The first-order chi connectivity index (χ1) is 14.7. The molecule has 1 aliphatic rings. The molecule has 148 valence electrons. The molecule has 1 aromatic heterocycles. The third-order valence-electron chi connectivity index (χ3n) is 5.06. The Morgan fingerprint density at radius 3 is 2.37 bits per heavy atom. The maximum absolute atomic E-state index is 12.8. The Morgan fingerprint density at radius 2 is 1.60 bits per heavy atom. The molecule has 0 atom stereocenters. The van der Waals surface area contributed by atoms with Gasteiger partial charge in [0.1, 0.15) is 5.01 Å². The molecular weight excluding hydrogens is 394 g/mol. The lowest BCUT2D eigenvalue weighted by atomic mass is 10.1. The van der Waals surface area contributed by atoms with Gasteiger partial charge in [0.15, 0.2) is 0 Å². The zero-order valence-electron chi connectivity index (χ0n) is 16.1. The Kier molecular flexibility index (Phi) is 4.77. The number of hydrogen-bond donors (Lipinski definition) is 2. The zero-order chi connectivity index (χ0) is 20.5. The van der Waals surface area contributed by atoms with E-state index in [0.717, 1.165) is 33.6 Å². The van der Waals surface area contributed by atoms with Crippen molar-refractivity contribution in [3.8, 4) is 10.6 Å². The number of nitrogens with zero attached hydrogens (tertiary/aromatic N) is 1. The Labute approximate surface area is 177 Å². The fourth-order valence-electron chi connectivity index (χ4n) is 3.26. The van der Waals surface area contributed by atoms with Crippen molar-refractivity contribution in [2.75, 3.05) is 10.6 Å². The van der Waals surface area contributed by atoms with Crippen molar-refractivity contribution >= 4 is 44.7 Å². The van der Waals surface area contributed by atoms with E-state index >= 15 is 0 Å². The number of hydrogen-bond acceptors (Lipinski definition) is 4. The number of aromatic nitrogens is 1. The van der Waals surface area contributed by atoms with E-state index in [4.69, 9.17) is 4.98 Å². The number of thiazole rings is 1. The minimum atomic E-state index is -0.205. The molecule has 0 spiro atoms. The molecule has 0 radical (unpaired) electrons. The van der Waals surface area contributed by atoms with Crippen molar-refractivity contribution < 1.29 is 9.59 Å². The number of carbonyl (C=O) groups excluding carboxylic acids is 2. The SMILES string of the molecule is O=C(Nc1ccccc1-c1nc2ccccc2s1)c1ccc(NC(=O)C2CC2)cc1. The number of para-hydroxylation sites is 2. The van der Waals surface area contributed by atoms with Gasteiger partial charge in [-0.05, 0) is 61.4 Å². The number of nitrogens with one attached hydrogen (secondary N) is 2. The third kappa shape index (κ3) is 3.82. The van der Waals surface area contributed by atoms with Gasteiger partial charge in [-0.15, -0.1) is 11.3 Å². The molecule has 0 bridgehead atoms. The predicted octanol–water partition coefficient (Wildman–Crippen LogP) is 5.56. The largest absolute Gasteiger partial charge is 0.326 e. The number of carbonyl (C=O) groups is 2. The second kappa shape index (κ2) is 7.72. The van der Waals surface area contributed by atoms with Crippen LogP contribution >= 0.6 is 11.3 Å². The van der Waals surface area contributed by atoms with Crippen LogP contribution in [0.25, 0.3) is 20.8 Å². The van der Waals surface area contributed by atoms with Crippen LogP contribution in [0.4, 0.5) is 11.4 Å². The maximum Gasteiger partial charge on any atom is 0.255 e. The molecule has 5 nitrogen and oxygen atoms in total. The van der Waals surface area contributed by atoms with E-state index in [1.807, 2.05) is 48.5 Å². The molecule has 2 amide bonds. The van der Waals surface area contributed by atoms with Crippen LogP contribution in [0, 0.1) is 5.92 Å². The standard InChI is InChI=1S/C24H19N3O2S/c28-22(15-9-10-15)25-17-13-11-16(12-14-17)23(29)26-19-6-2-1-5-18(19)24-27-20-7-3-4-8-21(20)30-24/h1-8,11-15H,9-10H2,(H,25,28)(H,26,29). The van der Waals surface area contributed by atoms with Crippen molar-refractivity contribution in [1.29, 1.82) is 0 Å². The summed E-state index contributed by atoms with van der Waals surface area (Å²) in [6.45, 7) is 0. The zero-order valence-corrected chi connectivity index (χ0v) is 16.9. The number of anilines is 2. The normalized spacial score (nSPS) is 13.2. The predicted molar refractivity (Wildman–Crippen MR) is 121 cm³/mol. The second-order valence-corrected chi connectivity index (χ2v) is 8.36. The van der Waals surface area contributed by atoms with Crippen molar-refractivity contribution in [2.24, 2.45) is 5.92 Å². The van der Waals surface area contributed by atoms with Gasteiger partial charge in [-0.2, -0.15) is 0 Å². The Morgan fingerprint density at radius 1 is 0.867 bits per heavy atom. The molecule has 1 aliphatic carbocycles. The van der Waals surface area contributed by atoms with Gasteiger partial charge < -0.3 is 10.6 Å². The molecule has 1 fully saturated rings. The van der Waals surface area contributed by atoms with Crippen LogP contribution in [0.3, 0.4) is 0 Å². The summed E-state index contributed by atoms with van der Waals surface area (Å²) < 4.78 is 1.11. The fourth-order valence-corrected chi connectivity index (χ4v) is 4.26. The van der Waals surface area contributed by atoms with Crippen LogP contribution in [-0.4, -0.2) is 16.8 Å². The minimum Gasteiger partial charge on any atom is -0.326 e. The Hall–Kier alpha value is -3.51. The van der Waals surface area contributed by atoms with Crippen molar-refractivity contribution in [2.45, 2.75) is 12.8 Å². The molecule has 6 heteroatoms. The van der Waals surface area contributed by atoms with Crippen molar-refractivity contribution in [3.63, 3.8) is 0 Å². The van der Waals surface area contributed by atoms with Crippen LogP contribution in [0.5, 0.6) is 0 Å². The van der Waals surface area contributed by atoms with Crippen molar-refractivity contribution in [3.05, 3.63) is 78.4 Å². The molecule has 2 N–H and O–H groups in total. The molecule has 0 unspecified atom stereocenters. The third-order valence-corrected chi connectivity index (χ3v) is 6.13. The van der Waals surface area contributed by atoms with Gasteiger partial charge in [0.2, 0.25) is 5.91 Å². The van der Waals surface area contributed by atoms with Crippen LogP contribution in [0.1, 0.15) is 23.2 Å². The van der Waals surface area contributed by atoms with Gasteiger partial charge in [0.05, 0.1) is 15.9 Å². The molecule has 3 aromatic carbocycles. The van der Waals surface area contributed by atoms with Crippen LogP contribution in [-0.2, 0) is 4.79 Å². The summed E-state index contributed by atoms with van der Waals surface area (Å²) in [7, 11) is 0. The highest BCUT2D eigenvalue weighted by Crippen LogP contribution is 2.34. The Balaban J connectivity index is 1.35. The summed E-state index contributed by atoms with van der Waals surface area (Å²) in [4.78, 5) is 29.4. The summed E-state index contributed by atoms with van der Waals surface area (Å²) >= 11 is 1.60. The monoisotopic (exact) mass is 413 g/mol.